The zero-order valence-electron chi connectivity index (χ0n) is 30.0. The largest absolute Gasteiger partial charge is 0.394 e. The van der Waals surface area contributed by atoms with Gasteiger partial charge >= 0.3 is 0 Å². The van der Waals surface area contributed by atoms with Crippen molar-refractivity contribution in [3.63, 3.8) is 0 Å². The molecular weight excluding hydrogens is 648 g/mol. The predicted octanol–water partition coefficient (Wildman–Crippen LogP) is 2.00. The molecule has 284 valence electrons. The molecule has 21 atom stereocenters. The quantitative estimate of drug-likeness (QED) is 0.230. The highest BCUT2D eigenvalue weighted by Crippen LogP contribution is 2.69. The van der Waals surface area contributed by atoms with Crippen molar-refractivity contribution in [3.8, 4) is 0 Å². The number of ether oxygens (including phenoxy) is 6. The Kier molecular flexibility index (Phi) is 9.81. The Bertz CT molecular complexity index is 1260. The van der Waals surface area contributed by atoms with Crippen molar-refractivity contribution >= 4 is 0 Å². The van der Waals surface area contributed by atoms with Crippen LogP contribution < -0.4 is 0 Å². The number of allylic oxidation sites excluding steroid dienone is 1. The second-order valence-electron chi connectivity index (χ2n) is 17.6. The molecule has 0 aromatic carbocycles. The predicted molar refractivity (Wildman–Crippen MR) is 177 cm³/mol. The first kappa shape index (κ1) is 36.2. The Labute approximate surface area is 295 Å². The summed E-state index contributed by atoms with van der Waals surface area (Å²) in [5.41, 5.74) is 1.68. The molecule has 1 spiro atoms. The van der Waals surface area contributed by atoms with E-state index in [2.05, 4.69) is 26.8 Å². The van der Waals surface area contributed by atoms with E-state index in [0.717, 1.165) is 45.1 Å². The molecule has 0 bridgehead atoms. The van der Waals surface area contributed by atoms with Crippen molar-refractivity contribution < 1.29 is 59.1 Å². The lowest BCUT2D eigenvalue weighted by Crippen LogP contribution is -2.64. The number of fused-ring (bicyclic) bond motifs is 7. The van der Waals surface area contributed by atoms with Crippen molar-refractivity contribution in [1.82, 2.24) is 0 Å². The highest BCUT2D eigenvalue weighted by molar-refractivity contribution is 5.22. The molecule has 6 N–H and O–H groups in total. The highest BCUT2D eigenvalue weighted by atomic mass is 16.8. The average molecular weight is 709 g/mol. The molecule has 8 aliphatic rings. The molecule has 8 rings (SSSR count). The van der Waals surface area contributed by atoms with Crippen molar-refractivity contribution in [1.29, 1.82) is 0 Å². The minimum Gasteiger partial charge on any atom is -0.394 e. The van der Waals surface area contributed by atoms with E-state index >= 15 is 0 Å². The first-order chi connectivity index (χ1) is 23.8. The van der Waals surface area contributed by atoms with Crippen LogP contribution in [-0.4, -0.2) is 123 Å². The highest BCUT2D eigenvalue weighted by Gasteiger charge is 2.68. The fourth-order valence-electron chi connectivity index (χ4n) is 12.1. The van der Waals surface area contributed by atoms with Crippen molar-refractivity contribution in [3.05, 3.63) is 11.6 Å². The maximum atomic E-state index is 11.1. The van der Waals surface area contributed by atoms with Gasteiger partial charge in [-0.3, -0.25) is 0 Å². The van der Waals surface area contributed by atoms with Gasteiger partial charge in [-0.1, -0.05) is 32.4 Å². The third kappa shape index (κ3) is 5.78. The van der Waals surface area contributed by atoms with Gasteiger partial charge < -0.3 is 59.1 Å². The van der Waals surface area contributed by atoms with E-state index in [1.54, 1.807) is 0 Å². The van der Waals surface area contributed by atoms with Gasteiger partial charge in [0, 0.05) is 12.3 Å². The van der Waals surface area contributed by atoms with E-state index in [1.807, 2.05) is 0 Å². The van der Waals surface area contributed by atoms with Crippen molar-refractivity contribution in [2.75, 3.05) is 13.2 Å². The van der Waals surface area contributed by atoms with Gasteiger partial charge in [0.25, 0.3) is 0 Å². The second-order valence-corrected chi connectivity index (χ2v) is 17.6. The fraction of sp³-hybridized carbons (Fsp3) is 0.947. The third-order valence-electron chi connectivity index (χ3n) is 14.9. The average Bonchev–Trinajstić information content (AvgIpc) is 3.55. The molecule has 21 unspecified atom stereocenters. The molecule has 12 nitrogen and oxygen atoms in total. The summed E-state index contributed by atoms with van der Waals surface area (Å²) in [7, 11) is 0. The summed E-state index contributed by atoms with van der Waals surface area (Å²) in [6.07, 6.45) is -1.45. The Balaban J connectivity index is 0.943. The lowest BCUT2D eigenvalue weighted by molar-refractivity contribution is -0.369. The first-order valence-electron chi connectivity index (χ1n) is 19.5. The topological polar surface area (TPSA) is 177 Å². The van der Waals surface area contributed by atoms with Gasteiger partial charge in [0.1, 0.15) is 42.7 Å². The van der Waals surface area contributed by atoms with Gasteiger partial charge in [-0.25, -0.2) is 0 Å². The maximum absolute atomic E-state index is 11.1. The zero-order chi connectivity index (χ0) is 35.3. The van der Waals surface area contributed by atoms with Crippen LogP contribution in [0.25, 0.3) is 0 Å². The van der Waals surface area contributed by atoms with Gasteiger partial charge in [0.2, 0.25) is 0 Å². The number of hydrogen-bond acceptors (Lipinski definition) is 12. The molecule has 50 heavy (non-hydrogen) atoms. The number of hydrogen-bond donors (Lipinski definition) is 6. The summed E-state index contributed by atoms with van der Waals surface area (Å²) < 4.78 is 37.5. The SMILES string of the molecule is CC1CCC2(OC1)OC1CC3C4CC=C5CC(OC6OC(CO)C(O)C(O)C6OC6OC(C)C(O)C(O)C6O)CCC5C4CCC3(C)C1C2C. The molecular formula is C38H60O12. The normalized spacial score (nSPS) is 57.8. The molecule has 0 radical (unpaired) electrons. The molecule has 4 aliphatic heterocycles. The number of rotatable bonds is 5. The number of aliphatic hydroxyl groups is 6. The lowest BCUT2D eigenvalue weighted by Gasteiger charge is -2.55. The summed E-state index contributed by atoms with van der Waals surface area (Å²) in [5, 5.41) is 62.7. The minimum absolute atomic E-state index is 0.237. The van der Waals surface area contributed by atoms with Crippen LogP contribution >= 0.6 is 0 Å². The van der Waals surface area contributed by atoms with E-state index in [9.17, 15) is 30.6 Å². The molecule has 0 amide bonds. The van der Waals surface area contributed by atoms with Gasteiger partial charge in [0.05, 0.1) is 31.5 Å². The maximum Gasteiger partial charge on any atom is 0.187 e. The molecule has 4 aliphatic carbocycles. The van der Waals surface area contributed by atoms with Crippen LogP contribution in [-0.2, 0) is 28.4 Å². The van der Waals surface area contributed by atoms with Crippen LogP contribution in [0.3, 0.4) is 0 Å². The van der Waals surface area contributed by atoms with Gasteiger partial charge in [-0.15, -0.1) is 0 Å². The Morgan fingerprint density at radius 3 is 2.38 bits per heavy atom. The molecule has 3 saturated carbocycles. The molecule has 0 aromatic heterocycles. The van der Waals surface area contributed by atoms with E-state index < -0.39 is 73.8 Å². The van der Waals surface area contributed by atoms with Crippen LogP contribution in [0.4, 0.5) is 0 Å². The lowest BCUT2D eigenvalue weighted by atomic mass is 9.51. The number of aliphatic hydroxyl groups excluding tert-OH is 6. The summed E-state index contributed by atoms with van der Waals surface area (Å²) in [6.45, 7) is 9.03. The fourth-order valence-corrected chi connectivity index (χ4v) is 12.1. The van der Waals surface area contributed by atoms with Crippen LogP contribution in [0, 0.1) is 46.8 Å². The molecule has 4 heterocycles. The van der Waals surface area contributed by atoms with Gasteiger partial charge in [0.15, 0.2) is 18.4 Å². The Morgan fingerprint density at radius 2 is 1.64 bits per heavy atom. The summed E-state index contributed by atoms with van der Waals surface area (Å²) in [4.78, 5) is 0. The van der Waals surface area contributed by atoms with Crippen LogP contribution in [0.5, 0.6) is 0 Å². The minimum atomic E-state index is -1.60. The Hall–Kier alpha value is -0.740. The summed E-state index contributed by atoms with van der Waals surface area (Å²) in [5.74, 6) is 3.57. The molecule has 12 heteroatoms. The molecule has 0 aromatic rings. The third-order valence-corrected chi connectivity index (χ3v) is 14.9. The standard InChI is InChI=1S/C38H60O12/c1-17-9-12-38(45-16-17)18(2)28-26(50-38)14-25-24-7-5-20-13-21(6-8-22(20)23(24)10-11-37(25,28)4)47-36-34(32(43)30(41)27(15-39)48-36)49-35-33(44)31(42)29(40)19(3)46-35/h5,17-19,21-36,39-44H,6-16H2,1-4H3. The van der Waals surface area contributed by atoms with Gasteiger partial charge in [-0.05, 0) is 99.2 Å². The monoisotopic (exact) mass is 708 g/mol. The van der Waals surface area contributed by atoms with Crippen LogP contribution in [0.15, 0.2) is 11.6 Å². The van der Waals surface area contributed by atoms with E-state index in [4.69, 9.17) is 28.4 Å². The summed E-state index contributed by atoms with van der Waals surface area (Å²) >= 11 is 0. The van der Waals surface area contributed by atoms with E-state index in [0.29, 0.717) is 41.4 Å². The molecule has 7 fully saturated rings. The van der Waals surface area contributed by atoms with Crippen molar-refractivity contribution in [2.24, 2.45) is 46.8 Å². The second kappa shape index (κ2) is 13.5. The molecule has 4 saturated heterocycles. The van der Waals surface area contributed by atoms with Crippen LogP contribution in [0.1, 0.15) is 85.5 Å². The smallest absolute Gasteiger partial charge is 0.187 e. The Morgan fingerprint density at radius 1 is 0.840 bits per heavy atom. The van der Waals surface area contributed by atoms with Crippen molar-refractivity contribution in [2.45, 2.75) is 165 Å². The van der Waals surface area contributed by atoms with E-state index in [-0.39, 0.29) is 17.6 Å². The van der Waals surface area contributed by atoms with Crippen LogP contribution in [0.2, 0.25) is 0 Å². The zero-order valence-corrected chi connectivity index (χ0v) is 30.0. The van der Waals surface area contributed by atoms with Gasteiger partial charge in [-0.2, -0.15) is 0 Å². The van der Waals surface area contributed by atoms with E-state index in [1.165, 1.54) is 31.8 Å². The summed E-state index contributed by atoms with van der Waals surface area (Å²) in [6, 6.07) is 0. The first-order valence-corrected chi connectivity index (χ1v) is 19.5.